The summed E-state index contributed by atoms with van der Waals surface area (Å²) in [5.41, 5.74) is 1.44. The van der Waals surface area contributed by atoms with Crippen molar-refractivity contribution in [3.05, 3.63) is 59.1 Å². The molecule has 0 saturated carbocycles. The number of rotatable bonds is 7. The van der Waals surface area contributed by atoms with Crippen molar-refractivity contribution >= 4 is 35.1 Å². The third-order valence-corrected chi connectivity index (χ3v) is 4.43. The lowest BCUT2D eigenvalue weighted by molar-refractivity contribution is -0.139. The number of carbonyl (C=O) groups is 3. The Morgan fingerprint density at radius 3 is 2.29 bits per heavy atom. The monoisotopic (exact) mass is 401 g/mol. The average molecular weight is 402 g/mol. The zero-order chi connectivity index (χ0) is 19.9. The molecule has 2 aromatic carbocycles. The highest BCUT2D eigenvalue weighted by Crippen LogP contribution is 2.17. The van der Waals surface area contributed by atoms with Crippen LogP contribution in [0.5, 0.6) is 5.75 Å². The zero-order valence-electron chi connectivity index (χ0n) is 15.1. The first-order valence-electron chi connectivity index (χ1n) is 8.86. The molecule has 1 fully saturated rings. The lowest BCUT2D eigenvalue weighted by Crippen LogP contribution is -2.32. The van der Waals surface area contributed by atoms with Crippen molar-refractivity contribution in [2.45, 2.75) is 19.4 Å². The molecule has 2 aromatic rings. The summed E-state index contributed by atoms with van der Waals surface area (Å²) in [7, 11) is 0. The van der Waals surface area contributed by atoms with Gasteiger partial charge in [0.05, 0.1) is 13.1 Å². The molecule has 1 heterocycles. The van der Waals surface area contributed by atoms with E-state index in [9.17, 15) is 14.4 Å². The molecule has 0 aliphatic carbocycles. The largest absolute Gasteiger partial charge is 0.492 e. The van der Waals surface area contributed by atoms with E-state index < -0.39 is 0 Å². The predicted molar refractivity (Wildman–Crippen MR) is 105 cm³/mol. The Hall–Kier alpha value is -3.06. The number of amides is 4. The normalized spacial score (nSPS) is 13.5. The van der Waals surface area contributed by atoms with Gasteiger partial charge in [-0.25, -0.2) is 4.79 Å². The van der Waals surface area contributed by atoms with Crippen LogP contribution in [0.25, 0.3) is 0 Å². The molecule has 1 saturated heterocycles. The molecule has 3 rings (SSSR count). The first kappa shape index (κ1) is 19.7. The Kier molecular flexibility index (Phi) is 6.49. The van der Waals surface area contributed by atoms with Crippen LogP contribution in [0.15, 0.2) is 48.5 Å². The van der Waals surface area contributed by atoms with Gasteiger partial charge in [0.2, 0.25) is 11.8 Å². The molecular formula is C20H20ClN3O4. The second-order valence-corrected chi connectivity index (χ2v) is 6.69. The van der Waals surface area contributed by atoms with Crippen LogP contribution in [0, 0.1) is 0 Å². The molecule has 28 heavy (non-hydrogen) atoms. The predicted octanol–water partition coefficient (Wildman–Crippen LogP) is 3.19. The van der Waals surface area contributed by atoms with Crippen molar-refractivity contribution in [2.75, 3.05) is 18.5 Å². The molecule has 1 aliphatic heterocycles. The van der Waals surface area contributed by atoms with Crippen LogP contribution in [0.1, 0.15) is 18.4 Å². The van der Waals surface area contributed by atoms with E-state index in [4.69, 9.17) is 16.3 Å². The van der Waals surface area contributed by atoms with Crippen LogP contribution in [-0.2, 0) is 16.1 Å². The number of anilines is 1. The number of hydrogen-bond acceptors (Lipinski definition) is 4. The SMILES string of the molecule is O=C(NCCOc1ccc(Cl)cc1)Nc1ccc(CN2C(=O)CCC2=O)cc1. The van der Waals surface area contributed by atoms with Crippen molar-refractivity contribution in [2.24, 2.45) is 0 Å². The molecule has 0 radical (unpaired) electrons. The molecular weight excluding hydrogens is 382 g/mol. The Morgan fingerprint density at radius 1 is 1.00 bits per heavy atom. The zero-order valence-corrected chi connectivity index (χ0v) is 15.9. The van der Waals surface area contributed by atoms with E-state index in [1.54, 1.807) is 48.5 Å². The Labute approximate surface area is 167 Å². The fraction of sp³-hybridized carbons (Fsp3) is 0.250. The second-order valence-electron chi connectivity index (χ2n) is 6.25. The number of halogens is 1. The number of nitrogens with one attached hydrogen (secondary N) is 2. The van der Waals surface area contributed by atoms with Crippen molar-refractivity contribution in [1.29, 1.82) is 0 Å². The summed E-state index contributed by atoms with van der Waals surface area (Å²) in [6.45, 7) is 0.920. The van der Waals surface area contributed by atoms with E-state index in [0.717, 1.165) is 5.56 Å². The molecule has 0 spiro atoms. The quantitative estimate of drug-likeness (QED) is 0.551. The van der Waals surface area contributed by atoms with Gasteiger partial charge in [-0.15, -0.1) is 0 Å². The minimum absolute atomic E-state index is 0.146. The molecule has 0 aromatic heterocycles. The minimum atomic E-state index is -0.350. The van der Waals surface area contributed by atoms with Gasteiger partial charge in [-0.2, -0.15) is 0 Å². The highest BCUT2D eigenvalue weighted by molar-refractivity contribution is 6.30. The van der Waals surface area contributed by atoms with Gasteiger partial charge >= 0.3 is 6.03 Å². The van der Waals surface area contributed by atoms with E-state index in [2.05, 4.69) is 10.6 Å². The van der Waals surface area contributed by atoms with Crippen LogP contribution < -0.4 is 15.4 Å². The summed E-state index contributed by atoms with van der Waals surface area (Å²) in [5.74, 6) is 0.386. The summed E-state index contributed by atoms with van der Waals surface area (Å²) in [6, 6.07) is 13.6. The molecule has 8 heteroatoms. The molecule has 0 atom stereocenters. The van der Waals surface area contributed by atoms with Gasteiger partial charge in [0, 0.05) is 23.6 Å². The lowest BCUT2D eigenvalue weighted by Gasteiger charge is -2.14. The minimum Gasteiger partial charge on any atom is -0.492 e. The van der Waals surface area contributed by atoms with Gasteiger partial charge in [-0.3, -0.25) is 14.5 Å². The summed E-state index contributed by atoms with van der Waals surface area (Å²) < 4.78 is 5.50. The number of carbonyl (C=O) groups excluding carboxylic acids is 3. The van der Waals surface area contributed by atoms with E-state index in [0.29, 0.717) is 29.6 Å². The number of urea groups is 1. The lowest BCUT2D eigenvalue weighted by atomic mass is 10.2. The summed E-state index contributed by atoms with van der Waals surface area (Å²) in [5, 5.41) is 6.05. The molecule has 4 amide bonds. The van der Waals surface area contributed by atoms with Gasteiger partial charge in [0.15, 0.2) is 0 Å². The smallest absolute Gasteiger partial charge is 0.319 e. The van der Waals surface area contributed by atoms with Gasteiger partial charge in [-0.05, 0) is 42.0 Å². The first-order chi connectivity index (χ1) is 13.5. The van der Waals surface area contributed by atoms with Gasteiger partial charge < -0.3 is 15.4 Å². The number of nitrogens with zero attached hydrogens (tertiary/aromatic N) is 1. The fourth-order valence-electron chi connectivity index (χ4n) is 2.71. The average Bonchev–Trinajstić information content (AvgIpc) is 3.00. The Bertz CT molecular complexity index is 837. The maximum atomic E-state index is 11.9. The van der Waals surface area contributed by atoms with E-state index >= 15 is 0 Å². The van der Waals surface area contributed by atoms with Crippen molar-refractivity contribution in [3.8, 4) is 5.75 Å². The summed E-state index contributed by atoms with van der Waals surface area (Å²) >= 11 is 5.80. The van der Waals surface area contributed by atoms with Crippen LogP contribution in [0.4, 0.5) is 10.5 Å². The molecule has 0 bridgehead atoms. The standard InChI is InChI=1S/C20H20ClN3O4/c21-15-3-7-17(8-4-15)28-12-11-22-20(27)23-16-5-1-14(2-6-16)13-24-18(25)9-10-19(24)26/h1-8H,9-13H2,(H2,22,23,27). The van der Waals surface area contributed by atoms with Crippen LogP contribution in [-0.4, -0.2) is 35.9 Å². The number of benzene rings is 2. The van der Waals surface area contributed by atoms with Crippen LogP contribution >= 0.6 is 11.6 Å². The number of imide groups is 1. The third-order valence-electron chi connectivity index (χ3n) is 4.18. The van der Waals surface area contributed by atoms with Crippen LogP contribution in [0.2, 0.25) is 5.02 Å². The Morgan fingerprint density at radius 2 is 1.64 bits per heavy atom. The van der Waals surface area contributed by atoms with Crippen molar-refractivity contribution < 1.29 is 19.1 Å². The maximum Gasteiger partial charge on any atom is 0.319 e. The van der Waals surface area contributed by atoms with E-state index in [1.807, 2.05) is 0 Å². The summed E-state index contributed by atoms with van der Waals surface area (Å²) in [6.07, 6.45) is 0.556. The van der Waals surface area contributed by atoms with Gasteiger partial charge in [-0.1, -0.05) is 23.7 Å². The number of hydrogen-bond donors (Lipinski definition) is 2. The topological polar surface area (TPSA) is 87.7 Å². The third kappa shape index (κ3) is 5.47. The molecule has 2 N–H and O–H groups in total. The van der Waals surface area contributed by atoms with E-state index in [-0.39, 0.29) is 37.2 Å². The molecule has 1 aliphatic rings. The maximum absolute atomic E-state index is 11.9. The highest BCUT2D eigenvalue weighted by atomic mass is 35.5. The molecule has 146 valence electrons. The van der Waals surface area contributed by atoms with Gasteiger partial charge in [0.1, 0.15) is 12.4 Å². The van der Waals surface area contributed by atoms with Crippen LogP contribution in [0.3, 0.4) is 0 Å². The number of ether oxygens (including phenoxy) is 1. The summed E-state index contributed by atoms with van der Waals surface area (Å²) in [4.78, 5) is 36.5. The Balaban J connectivity index is 1.39. The van der Waals surface area contributed by atoms with Crippen molar-refractivity contribution in [1.82, 2.24) is 10.2 Å². The molecule has 0 unspecified atom stereocenters. The second kappa shape index (κ2) is 9.23. The van der Waals surface area contributed by atoms with Gasteiger partial charge in [0.25, 0.3) is 0 Å². The van der Waals surface area contributed by atoms with Crippen molar-refractivity contribution in [3.63, 3.8) is 0 Å². The fourth-order valence-corrected chi connectivity index (χ4v) is 2.84. The molecule has 7 nitrogen and oxygen atoms in total. The first-order valence-corrected chi connectivity index (χ1v) is 9.24. The number of likely N-dealkylation sites (tertiary alicyclic amines) is 1. The highest BCUT2D eigenvalue weighted by Gasteiger charge is 2.28. The van der Waals surface area contributed by atoms with E-state index in [1.165, 1.54) is 4.90 Å².